The molecule has 262 valence electrons. The summed E-state index contributed by atoms with van der Waals surface area (Å²) in [7, 11) is 2.11. The first kappa shape index (κ1) is 35.7. The molecule has 1 unspecified atom stereocenters. The number of allylic oxidation sites excluding steroid dienone is 1. The second kappa shape index (κ2) is 15.2. The lowest BCUT2D eigenvalue weighted by molar-refractivity contribution is 1.18. The minimum Gasteiger partial charge on any atom is -0.309 e. The van der Waals surface area contributed by atoms with Crippen molar-refractivity contribution >= 4 is 118 Å². The Kier molecular flexibility index (Phi) is 10.0. The van der Waals surface area contributed by atoms with E-state index >= 15 is 0 Å². The van der Waals surface area contributed by atoms with E-state index in [0.717, 1.165) is 27.8 Å². The maximum absolute atomic E-state index is 4.37. The molecule has 10 rings (SSSR count). The van der Waals surface area contributed by atoms with Crippen molar-refractivity contribution in [3.05, 3.63) is 165 Å². The second-order valence-electron chi connectivity index (χ2n) is 12.8. The van der Waals surface area contributed by atoms with Gasteiger partial charge < -0.3 is 4.57 Å². The van der Waals surface area contributed by atoms with Gasteiger partial charge in [0.05, 0.1) is 11.0 Å². The van der Waals surface area contributed by atoms with Gasteiger partial charge in [0.25, 0.3) is 0 Å². The summed E-state index contributed by atoms with van der Waals surface area (Å²) in [5.74, 6) is 0. The van der Waals surface area contributed by atoms with E-state index in [0.29, 0.717) is 0 Å². The number of thiol groups is 1. The average molecular weight is 770 g/mol. The van der Waals surface area contributed by atoms with Crippen LogP contribution in [0.3, 0.4) is 0 Å². The first-order chi connectivity index (χ1) is 26.6. The van der Waals surface area contributed by atoms with E-state index in [-0.39, 0.29) is 0 Å². The minimum absolute atomic E-state index is 1.06. The van der Waals surface area contributed by atoms with E-state index in [1.165, 1.54) is 73.4 Å². The van der Waals surface area contributed by atoms with E-state index in [4.69, 9.17) is 0 Å². The molecule has 1 atom stereocenters. The fourth-order valence-corrected chi connectivity index (χ4v) is 9.51. The summed E-state index contributed by atoms with van der Waals surface area (Å²) >= 11 is 7.09. The zero-order valence-electron chi connectivity index (χ0n) is 29.7. The molecule has 3 nitrogen and oxygen atoms in total. The van der Waals surface area contributed by atoms with Gasteiger partial charge in [-0.15, -0.1) is 29.3 Å². The third kappa shape index (κ3) is 6.25. The second-order valence-corrected chi connectivity index (χ2v) is 15.0. The Morgan fingerprint density at radius 3 is 1.39 bits per heavy atom. The van der Waals surface area contributed by atoms with Crippen molar-refractivity contribution in [2.45, 2.75) is 6.92 Å². The number of aromatic nitrogens is 3. The summed E-state index contributed by atoms with van der Waals surface area (Å²) in [5.41, 5.74) is 10.3. The Hall–Kier alpha value is -5.36. The van der Waals surface area contributed by atoms with Crippen LogP contribution in [-0.4, -0.2) is 14.5 Å². The molecule has 0 spiro atoms. The first-order valence-electron chi connectivity index (χ1n) is 17.4. The van der Waals surface area contributed by atoms with Crippen LogP contribution in [0.15, 0.2) is 154 Å². The van der Waals surface area contributed by atoms with Crippen LogP contribution in [-0.2, 0) is 0 Å². The Morgan fingerprint density at radius 2 is 0.944 bits per heavy atom. The van der Waals surface area contributed by atoms with Gasteiger partial charge in [0.2, 0.25) is 0 Å². The molecule has 0 bridgehead atoms. The van der Waals surface area contributed by atoms with Crippen LogP contribution in [0.2, 0.25) is 0 Å². The molecular weight excluding hydrogens is 734 g/mol. The molecule has 0 aliphatic carbocycles. The molecule has 0 saturated carbocycles. The molecule has 0 fully saturated rings. The van der Waals surface area contributed by atoms with Gasteiger partial charge in [-0.25, -0.2) is 0 Å². The van der Waals surface area contributed by atoms with Gasteiger partial charge in [0.15, 0.2) is 0 Å². The highest BCUT2D eigenvalue weighted by Crippen LogP contribution is 2.41. The molecule has 0 aliphatic heterocycles. The number of hydrogen-bond acceptors (Lipinski definition) is 5. The van der Waals surface area contributed by atoms with Crippen molar-refractivity contribution in [1.29, 1.82) is 0 Å². The molecule has 5 heterocycles. The average Bonchev–Trinajstić information content (AvgIpc) is 3.90. The van der Waals surface area contributed by atoms with Gasteiger partial charge in [0, 0.05) is 81.6 Å². The Balaban J connectivity index is 0.000000790. The topological polar surface area (TPSA) is 30.7 Å². The summed E-state index contributed by atoms with van der Waals surface area (Å²) in [6.07, 6.45) is 13.2. The van der Waals surface area contributed by atoms with E-state index in [1.54, 1.807) is 6.08 Å². The summed E-state index contributed by atoms with van der Waals surface area (Å²) in [4.78, 5) is 8.75. The molecule has 54 heavy (non-hydrogen) atoms. The normalized spacial score (nSPS) is 11.1. The van der Waals surface area contributed by atoms with E-state index < -0.39 is 0 Å². The highest BCUT2D eigenvalue weighted by Gasteiger charge is 2.17. The van der Waals surface area contributed by atoms with Gasteiger partial charge in [-0.2, -0.15) is 12.2 Å². The van der Waals surface area contributed by atoms with Crippen LogP contribution >= 0.6 is 43.4 Å². The predicted molar refractivity (Wildman–Crippen MR) is 248 cm³/mol. The van der Waals surface area contributed by atoms with Crippen molar-refractivity contribution in [2.24, 2.45) is 0 Å². The van der Waals surface area contributed by atoms with Crippen LogP contribution in [0.5, 0.6) is 0 Å². The van der Waals surface area contributed by atoms with Crippen LogP contribution in [0, 0.1) is 0 Å². The summed E-state index contributed by atoms with van der Waals surface area (Å²) in [5, 5.41) is 7.37. The third-order valence-electron chi connectivity index (χ3n) is 9.67. The van der Waals surface area contributed by atoms with Gasteiger partial charge in [-0.1, -0.05) is 76.2 Å². The molecule has 5 aromatic heterocycles. The van der Waals surface area contributed by atoms with Gasteiger partial charge in [-0.3, -0.25) is 9.97 Å². The third-order valence-corrected chi connectivity index (χ3v) is 11.9. The lowest BCUT2D eigenvalue weighted by Crippen LogP contribution is -1.95. The van der Waals surface area contributed by atoms with Gasteiger partial charge in [-0.05, 0) is 107 Å². The number of pyridine rings is 2. The predicted octanol–water partition coefficient (Wildman–Crippen LogP) is 14.8. The molecule has 0 radical (unpaired) electrons. The molecular formula is C47H36N3PS3. The molecule has 7 heteroatoms. The molecule has 5 aromatic carbocycles. The first-order valence-corrected chi connectivity index (χ1v) is 21.1. The minimum atomic E-state index is 1.06. The highest BCUT2D eigenvalue weighted by molar-refractivity contribution is 8.31. The van der Waals surface area contributed by atoms with Crippen molar-refractivity contribution in [1.82, 2.24) is 14.5 Å². The summed E-state index contributed by atoms with van der Waals surface area (Å²) < 4.78 is 7.45. The van der Waals surface area contributed by atoms with Crippen molar-refractivity contribution < 1.29 is 0 Å². The number of nitrogens with zero attached hydrogens (tertiary/aromatic N) is 3. The van der Waals surface area contributed by atoms with Crippen LogP contribution in [0.1, 0.15) is 18.1 Å². The standard InChI is InChI=1S/C44H27N3S2.C3H6.H3PS/c1-3-26-17-27(4-2)19-32(18-26)47-39-11-7-28(30-5-9-33-37-24-45-15-13-41(37)48-43(33)22-30)20-35(39)36-21-29(8-12-40(36)47)31-6-10-34-38-25-46-16-14-42(38)49-44(34)23-31;1-3-2;1-2/h3-25H,1-2H2;3H,1H2,2H3;2H,1H2. The van der Waals surface area contributed by atoms with Gasteiger partial charge in [0.1, 0.15) is 0 Å². The van der Waals surface area contributed by atoms with Crippen LogP contribution in [0.4, 0.5) is 0 Å². The molecule has 0 amide bonds. The Labute approximate surface area is 330 Å². The lowest BCUT2D eigenvalue weighted by atomic mass is 9.99. The maximum atomic E-state index is 4.37. The van der Waals surface area contributed by atoms with E-state index in [9.17, 15) is 0 Å². The van der Waals surface area contributed by atoms with Crippen LogP contribution < -0.4 is 0 Å². The highest BCUT2D eigenvalue weighted by atomic mass is 32.7. The Morgan fingerprint density at radius 1 is 0.519 bits per heavy atom. The monoisotopic (exact) mass is 769 g/mol. The van der Waals surface area contributed by atoms with Crippen molar-refractivity contribution in [3.63, 3.8) is 0 Å². The SMILES string of the molecule is C=CC.C=Cc1cc(C=C)cc(-n2c3ccc(-c4ccc5c(c4)sc4ccncc45)cc3c3cc(-c4ccc5c(c4)sc4ccncc45)ccc32)c1.PS. The number of rotatable bonds is 5. The maximum Gasteiger partial charge on any atom is 0.0541 e. The van der Waals surface area contributed by atoms with Crippen LogP contribution in [0.25, 0.3) is 102 Å². The quantitative estimate of drug-likeness (QED) is 0.107. The Bertz CT molecular complexity index is 2860. The molecule has 10 aromatic rings. The largest absolute Gasteiger partial charge is 0.309 e. The number of hydrogen-bond donors (Lipinski definition) is 1. The van der Waals surface area contributed by atoms with E-state index in [1.807, 2.05) is 66.5 Å². The fourth-order valence-electron chi connectivity index (χ4n) is 7.28. The lowest BCUT2D eigenvalue weighted by Gasteiger charge is -2.11. The number of thiophene rings is 2. The zero-order chi connectivity index (χ0) is 37.3. The summed E-state index contributed by atoms with van der Waals surface area (Å²) in [6.45, 7) is 13.4. The molecule has 0 N–H and O–H groups in total. The number of fused-ring (bicyclic) bond motifs is 9. The fraction of sp³-hybridized carbons (Fsp3) is 0.0213. The number of benzene rings is 5. The molecule has 0 aliphatic rings. The smallest absolute Gasteiger partial charge is 0.0541 e. The van der Waals surface area contributed by atoms with Crippen molar-refractivity contribution in [2.75, 3.05) is 0 Å². The van der Waals surface area contributed by atoms with E-state index in [2.05, 4.69) is 158 Å². The van der Waals surface area contributed by atoms with Crippen molar-refractivity contribution in [3.8, 4) is 27.9 Å². The molecule has 0 saturated heterocycles. The zero-order valence-corrected chi connectivity index (χ0v) is 33.3. The summed E-state index contributed by atoms with van der Waals surface area (Å²) in [6, 6.07) is 38.1. The van der Waals surface area contributed by atoms with Gasteiger partial charge >= 0.3 is 0 Å².